The zero-order chi connectivity index (χ0) is 12.1. The molecule has 1 aromatic rings. The molecule has 0 fully saturated rings. The van der Waals surface area contributed by atoms with E-state index >= 15 is 0 Å². The lowest BCUT2D eigenvalue weighted by molar-refractivity contribution is -0.137. The van der Waals surface area contributed by atoms with E-state index in [9.17, 15) is 4.79 Å². The molecule has 0 aliphatic carbocycles. The number of aliphatic carboxylic acids is 1. The molecule has 16 heavy (non-hydrogen) atoms. The van der Waals surface area contributed by atoms with Crippen LogP contribution in [-0.2, 0) is 11.3 Å². The molecule has 0 unspecified atom stereocenters. The summed E-state index contributed by atoms with van der Waals surface area (Å²) < 4.78 is 0.971. The summed E-state index contributed by atoms with van der Waals surface area (Å²) in [6.07, 6.45) is 0.141. The summed E-state index contributed by atoms with van der Waals surface area (Å²) in [5, 5.41) is 9.27. The van der Waals surface area contributed by atoms with Crippen LogP contribution in [0, 0.1) is 0 Å². The van der Waals surface area contributed by atoms with E-state index in [1.807, 2.05) is 30.1 Å². The van der Waals surface area contributed by atoms with Crippen molar-refractivity contribution in [3.05, 3.63) is 33.3 Å². The summed E-state index contributed by atoms with van der Waals surface area (Å²) in [5.74, 6) is -0.785. The van der Waals surface area contributed by atoms with E-state index in [1.165, 1.54) is 0 Å². The van der Waals surface area contributed by atoms with Crippen molar-refractivity contribution in [2.24, 2.45) is 0 Å². The second-order valence-electron chi connectivity index (χ2n) is 3.62. The summed E-state index contributed by atoms with van der Waals surface area (Å²) in [4.78, 5) is 12.3. The SMILES string of the molecule is CN(CCC(=O)O)Cc1cc(Br)ccc1Cl. The summed E-state index contributed by atoms with van der Waals surface area (Å²) in [6, 6.07) is 5.65. The monoisotopic (exact) mass is 305 g/mol. The Morgan fingerprint density at radius 3 is 2.88 bits per heavy atom. The summed E-state index contributed by atoms with van der Waals surface area (Å²) >= 11 is 9.42. The Morgan fingerprint density at radius 1 is 1.56 bits per heavy atom. The van der Waals surface area contributed by atoms with Crippen molar-refractivity contribution in [2.45, 2.75) is 13.0 Å². The summed E-state index contributed by atoms with van der Waals surface area (Å²) in [5.41, 5.74) is 0.990. The molecule has 0 aromatic heterocycles. The van der Waals surface area contributed by atoms with Gasteiger partial charge in [-0.2, -0.15) is 0 Å². The molecule has 0 aliphatic heterocycles. The Kier molecular flexibility index (Phi) is 5.25. The van der Waals surface area contributed by atoms with Crippen molar-refractivity contribution in [1.82, 2.24) is 4.90 Å². The number of carbonyl (C=O) groups is 1. The highest BCUT2D eigenvalue weighted by Crippen LogP contribution is 2.22. The quantitative estimate of drug-likeness (QED) is 0.909. The zero-order valence-corrected chi connectivity index (χ0v) is 11.3. The van der Waals surface area contributed by atoms with E-state index < -0.39 is 5.97 Å². The van der Waals surface area contributed by atoms with E-state index in [-0.39, 0.29) is 6.42 Å². The fourth-order valence-corrected chi connectivity index (χ4v) is 1.91. The van der Waals surface area contributed by atoms with Crippen molar-refractivity contribution in [2.75, 3.05) is 13.6 Å². The Hall–Kier alpha value is -0.580. The van der Waals surface area contributed by atoms with E-state index in [0.717, 1.165) is 10.0 Å². The molecule has 0 bridgehead atoms. The lowest BCUT2D eigenvalue weighted by Gasteiger charge is -2.16. The molecule has 3 nitrogen and oxygen atoms in total. The number of benzene rings is 1. The lowest BCUT2D eigenvalue weighted by Crippen LogP contribution is -2.21. The molecular weight excluding hydrogens is 293 g/mol. The number of hydrogen-bond acceptors (Lipinski definition) is 2. The van der Waals surface area contributed by atoms with Crippen LogP contribution in [0.25, 0.3) is 0 Å². The van der Waals surface area contributed by atoms with E-state index in [2.05, 4.69) is 15.9 Å². The highest BCUT2D eigenvalue weighted by Gasteiger charge is 2.06. The first-order valence-corrected chi connectivity index (χ1v) is 6.00. The summed E-state index contributed by atoms with van der Waals surface area (Å²) in [6.45, 7) is 1.16. The molecule has 0 amide bonds. The Bertz CT molecular complexity index is 384. The van der Waals surface area contributed by atoms with Crippen LogP contribution >= 0.6 is 27.5 Å². The van der Waals surface area contributed by atoms with Crippen molar-refractivity contribution < 1.29 is 9.90 Å². The molecule has 1 N–H and O–H groups in total. The number of hydrogen-bond donors (Lipinski definition) is 1. The fourth-order valence-electron chi connectivity index (χ4n) is 1.32. The lowest BCUT2D eigenvalue weighted by atomic mass is 10.2. The van der Waals surface area contributed by atoms with Gasteiger partial charge >= 0.3 is 5.97 Å². The first-order valence-electron chi connectivity index (χ1n) is 4.83. The molecule has 1 aromatic carbocycles. The van der Waals surface area contributed by atoms with Gasteiger partial charge in [-0.05, 0) is 30.8 Å². The van der Waals surface area contributed by atoms with Crippen LogP contribution < -0.4 is 0 Å². The van der Waals surface area contributed by atoms with Crippen LogP contribution in [0.1, 0.15) is 12.0 Å². The standard InChI is InChI=1S/C11H13BrClNO2/c1-14(5-4-11(15)16)7-8-6-9(12)2-3-10(8)13/h2-3,6H,4-5,7H2,1H3,(H,15,16). The Morgan fingerprint density at radius 2 is 2.25 bits per heavy atom. The highest BCUT2D eigenvalue weighted by molar-refractivity contribution is 9.10. The second kappa shape index (κ2) is 6.23. The minimum atomic E-state index is -0.785. The second-order valence-corrected chi connectivity index (χ2v) is 4.94. The van der Waals surface area contributed by atoms with Crippen LogP contribution in [0.4, 0.5) is 0 Å². The number of nitrogens with zero attached hydrogens (tertiary/aromatic N) is 1. The minimum Gasteiger partial charge on any atom is -0.481 e. The molecule has 0 saturated carbocycles. The van der Waals surface area contributed by atoms with Crippen molar-refractivity contribution >= 4 is 33.5 Å². The van der Waals surface area contributed by atoms with Gasteiger partial charge in [0.05, 0.1) is 6.42 Å². The number of carboxylic acid groups (broad SMARTS) is 1. The first-order chi connectivity index (χ1) is 7.49. The largest absolute Gasteiger partial charge is 0.481 e. The fraction of sp³-hybridized carbons (Fsp3) is 0.364. The normalized spacial score (nSPS) is 10.8. The predicted octanol–water partition coefficient (Wildman–Crippen LogP) is 3.01. The molecule has 0 atom stereocenters. The Labute approximate surface area is 108 Å². The molecule has 0 radical (unpaired) electrons. The minimum absolute atomic E-state index is 0.141. The average Bonchev–Trinajstić information content (AvgIpc) is 2.20. The molecule has 0 saturated heterocycles. The molecule has 88 valence electrons. The molecular formula is C11H13BrClNO2. The van der Waals surface area contributed by atoms with Gasteiger partial charge in [0, 0.05) is 22.6 Å². The Balaban J connectivity index is 2.58. The third-order valence-electron chi connectivity index (χ3n) is 2.16. The third kappa shape index (κ3) is 4.51. The molecule has 5 heteroatoms. The number of rotatable bonds is 5. The van der Waals surface area contributed by atoms with Crippen molar-refractivity contribution in [1.29, 1.82) is 0 Å². The maximum Gasteiger partial charge on any atom is 0.304 e. The van der Waals surface area contributed by atoms with Crippen LogP contribution in [0.15, 0.2) is 22.7 Å². The van der Waals surface area contributed by atoms with Gasteiger partial charge in [-0.15, -0.1) is 0 Å². The molecule has 0 aliphatic rings. The highest BCUT2D eigenvalue weighted by atomic mass is 79.9. The zero-order valence-electron chi connectivity index (χ0n) is 8.91. The third-order valence-corrected chi connectivity index (χ3v) is 3.02. The van der Waals surface area contributed by atoms with Crippen molar-refractivity contribution in [3.8, 4) is 0 Å². The van der Waals surface area contributed by atoms with Gasteiger partial charge < -0.3 is 10.0 Å². The van der Waals surface area contributed by atoms with Crippen molar-refractivity contribution in [3.63, 3.8) is 0 Å². The molecule has 0 spiro atoms. The van der Waals surface area contributed by atoms with Crippen LogP contribution in [0.3, 0.4) is 0 Å². The van der Waals surface area contributed by atoms with Gasteiger partial charge in [0.2, 0.25) is 0 Å². The first kappa shape index (κ1) is 13.5. The van der Waals surface area contributed by atoms with E-state index in [4.69, 9.17) is 16.7 Å². The van der Waals surface area contributed by atoms with Crippen LogP contribution in [0.5, 0.6) is 0 Å². The number of carboxylic acids is 1. The van der Waals surface area contributed by atoms with Gasteiger partial charge in [0.1, 0.15) is 0 Å². The smallest absolute Gasteiger partial charge is 0.304 e. The van der Waals surface area contributed by atoms with Gasteiger partial charge in [-0.1, -0.05) is 27.5 Å². The molecule has 1 rings (SSSR count). The predicted molar refractivity (Wildman–Crippen MR) is 67.7 cm³/mol. The van der Waals surface area contributed by atoms with Gasteiger partial charge in [0.25, 0.3) is 0 Å². The topological polar surface area (TPSA) is 40.5 Å². The van der Waals surface area contributed by atoms with E-state index in [0.29, 0.717) is 18.1 Å². The molecule has 0 heterocycles. The maximum atomic E-state index is 10.4. The van der Waals surface area contributed by atoms with Gasteiger partial charge in [-0.25, -0.2) is 0 Å². The number of halogens is 2. The van der Waals surface area contributed by atoms with E-state index in [1.54, 1.807) is 0 Å². The van der Waals surface area contributed by atoms with Crippen LogP contribution in [0.2, 0.25) is 5.02 Å². The maximum absolute atomic E-state index is 10.4. The van der Waals surface area contributed by atoms with Gasteiger partial charge in [0.15, 0.2) is 0 Å². The average molecular weight is 307 g/mol. The van der Waals surface area contributed by atoms with Crippen LogP contribution in [-0.4, -0.2) is 29.6 Å². The summed E-state index contributed by atoms with van der Waals surface area (Å²) in [7, 11) is 1.88. The van der Waals surface area contributed by atoms with Gasteiger partial charge in [-0.3, -0.25) is 4.79 Å².